The second kappa shape index (κ2) is 11.3. The van der Waals surface area contributed by atoms with Crippen LogP contribution in [0.15, 0.2) is 54.6 Å². The minimum absolute atomic E-state index is 0.0433. The molecule has 4 aliphatic rings. The third kappa shape index (κ3) is 5.02. The van der Waals surface area contributed by atoms with E-state index in [1.807, 2.05) is 12.2 Å². The van der Waals surface area contributed by atoms with E-state index >= 15 is 0 Å². The van der Waals surface area contributed by atoms with E-state index in [1.165, 1.54) is 14.2 Å². The minimum atomic E-state index is -0.987. The normalized spacial score (nSPS) is 30.1. The maximum atomic E-state index is 14.3. The van der Waals surface area contributed by atoms with Crippen LogP contribution in [0.1, 0.15) is 44.2 Å². The Morgan fingerprint density at radius 2 is 1.76 bits per heavy atom. The van der Waals surface area contributed by atoms with Gasteiger partial charge in [-0.05, 0) is 36.5 Å². The fourth-order valence-corrected chi connectivity index (χ4v) is 7.19. The summed E-state index contributed by atoms with van der Waals surface area (Å²) < 4.78 is 17.0. The first-order chi connectivity index (χ1) is 20.2. The van der Waals surface area contributed by atoms with Crippen LogP contribution in [0.5, 0.6) is 11.5 Å². The number of rotatable bonds is 8. The van der Waals surface area contributed by atoms with Gasteiger partial charge in [0, 0.05) is 35.0 Å². The molecule has 2 aromatic rings. The molecule has 0 radical (unpaired) electrons. The van der Waals surface area contributed by atoms with Crippen LogP contribution in [0.4, 0.5) is 5.69 Å². The van der Waals surface area contributed by atoms with E-state index in [-0.39, 0.29) is 30.3 Å². The Kier molecular flexibility index (Phi) is 7.66. The number of hydrogen-bond donors (Lipinski definition) is 2. The lowest BCUT2D eigenvalue weighted by atomic mass is 9.76. The number of methoxy groups -OCH3 is 2. The topological polar surface area (TPSA) is 106 Å². The van der Waals surface area contributed by atoms with Gasteiger partial charge in [0.25, 0.3) is 0 Å². The van der Waals surface area contributed by atoms with E-state index in [0.717, 1.165) is 25.7 Å². The third-order valence-corrected chi connectivity index (χ3v) is 9.49. The molecule has 2 aromatic carbocycles. The minimum Gasteiger partial charge on any atom is -0.497 e. The Labute approximate surface area is 250 Å². The summed E-state index contributed by atoms with van der Waals surface area (Å²) in [6.07, 6.45) is 7.37. The summed E-state index contributed by atoms with van der Waals surface area (Å²) >= 11 is 6.18. The summed E-state index contributed by atoms with van der Waals surface area (Å²) in [4.78, 5) is 43.6. The van der Waals surface area contributed by atoms with Crippen LogP contribution in [-0.4, -0.2) is 61.1 Å². The quantitative estimate of drug-likeness (QED) is 0.436. The molecule has 10 heteroatoms. The van der Waals surface area contributed by atoms with Crippen molar-refractivity contribution in [1.82, 2.24) is 10.2 Å². The molecule has 2 bridgehead atoms. The number of carbonyl (C=O) groups excluding carboxylic acids is 3. The van der Waals surface area contributed by atoms with Gasteiger partial charge in [0.05, 0.1) is 38.7 Å². The number of nitrogens with one attached hydrogen (secondary N) is 2. The van der Waals surface area contributed by atoms with Gasteiger partial charge in [-0.15, -0.1) is 0 Å². The second-order valence-corrected chi connectivity index (χ2v) is 12.2. The molecule has 2 saturated heterocycles. The van der Waals surface area contributed by atoms with E-state index in [4.69, 9.17) is 25.8 Å². The van der Waals surface area contributed by atoms with Gasteiger partial charge in [0.15, 0.2) is 0 Å². The van der Waals surface area contributed by atoms with Crippen molar-refractivity contribution in [2.45, 2.75) is 56.4 Å². The maximum Gasteiger partial charge on any atom is 0.247 e. The third-order valence-electron chi connectivity index (χ3n) is 9.24. The van der Waals surface area contributed by atoms with Gasteiger partial charge < -0.3 is 29.7 Å². The summed E-state index contributed by atoms with van der Waals surface area (Å²) in [5.41, 5.74) is 0.159. The monoisotopic (exact) mass is 593 g/mol. The second-order valence-electron chi connectivity index (χ2n) is 11.8. The number of amides is 3. The Morgan fingerprint density at radius 3 is 2.43 bits per heavy atom. The molecule has 222 valence electrons. The fourth-order valence-electron chi connectivity index (χ4n) is 7.06. The molecule has 1 saturated carbocycles. The molecule has 7 atom stereocenters. The number of halogens is 1. The van der Waals surface area contributed by atoms with E-state index in [9.17, 15) is 14.4 Å². The van der Waals surface area contributed by atoms with Gasteiger partial charge in [-0.2, -0.15) is 0 Å². The Morgan fingerprint density at radius 1 is 1.07 bits per heavy atom. The van der Waals surface area contributed by atoms with Crippen LogP contribution < -0.4 is 20.1 Å². The van der Waals surface area contributed by atoms with Crippen LogP contribution in [-0.2, 0) is 19.1 Å². The molecule has 3 aliphatic heterocycles. The zero-order valence-electron chi connectivity index (χ0n) is 24.0. The Hall–Kier alpha value is -3.56. The molecule has 0 unspecified atom stereocenters. The molecule has 3 fully saturated rings. The SMILES string of the molecule is COc1cc(NC(=O)[C@@H]2[C@@H]3C=C[C@@]4(CN([C@H](C(=O)N[C@H]5CCCC[C@H]5C)c5ccc(Cl)cc5)C(=O)[C@H]24)O3)cc(OC)c1. The molecular formula is C32H36ClN3O6. The highest BCUT2D eigenvalue weighted by Crippen LogP contribution is 2.53. The number of carbonyl (C=O) groups is 3. The number of likely N-dealkylation sites (tertiary alicyclic amines) is 1. The smallest absolute Gasteiger partial charge is 0.247 e. The number of hydrogen-bond acceptors (Lipinski definition) is 6. The molecule has 3 amide bonds. The summed E-state index contributed by atoms with van der Waals surface area (Å²) in [7, 11) is 3.07. The number of nitrogens with zero attached hydrogens (tertiary/aromatic N) is 1. The van der Waals surface area contributed by atoms with Gasteiger partial charge in [-0.25, -0.2) is 0 Å². The summed E-state index contributed by atoms with van der Waals surface area (Å²) in [6, 6.07) is 11.3. The van der Waals surface area contributed by atoms with Crippen molar-refractivity contribution in [2.24, 2.45) is 17.8 Å². The highest BCUT2D eigenvalue weighted by molar-refractivity contribution is 6.30. The summed E-state index contributed by atoms with van der Waals surface area (Å²) in [6.45, 7) is 2.32. The molecule has 1 spiro atoms. The van der Waals surface area contributed by atoms with Crippen LogP contribution >= 0.6 is 11.6 Å². The average Bonchev–Trinajstić information content (AvgIpc) is 3.63. The summed E-state index contributed by atoms with van der Waals surface area (Å²) in [5.74, 6) is -0.986. The van der Waals surface area contributed by atoms with Gasteiger partial charge in [0.1, 0.15) is 23.1 Å². The molecule has 1 aliphatic carbocycles. The Balaban J connectivity index is 1.29. The van der Waals surface area contributed by atoms with Crippen molar-refractivity contribution in [3.05, 3.63) is 65.2 Å². The molecule has 6 rings (SSSR count). The van der Waals surface area contributed by atoms with E-state index in [2.05, 4.69) is 17.6 Å². The van der Waals surface area contributed by atoms with Crippen molar-refractivity contribution in [3.63, 3.8) is 0 Å². The number of fused-ring (bicyclic) bond motifs is 1. The van der Waals surface area contributed by atoms with Crippen LogP contribution in [0.2, 0.25) is 5.02 Å². The predicted octanol–water partition coefficient (Wildman–Crippen LogP) is 4.51. The predicted molar refractivity (Wildman–Crippen MR) is 157 cm³/mol. The number of ether oxygens (including phenoxy) is 3. The van der Waals surface area contributed by atoms with Gasteiger partial charge in [-0.3, -0.25) is 14.4 Å². The number of benzene rings is 2. The molecule has 42 heavy (non-hydrogen) atoms. The first kappa shape index (κ1) is 28.6. The first-order valence-corrected chi connectivity index (χ1v) is 14.9. The number of anilines is 1. The molecule has 9 nitrogen and oxygen atoms in total. The van der Waals surface area contributed by atoms with E-state index in [0.29, 0.717) is 33.7 Å². The van der Waals surface area contributed by atoms with Crippen LogP contribution in [0.3, 0.4) is 0 Å². The molecular weight excluding hydrogens is 558 g/mol. The van der Waals surface area contributed by atoms with Crippen LogP contribution in [0.25, 0.3) is 0 Å². The molecule has 2 N–H and O–H groups in total. The van der Waals surface area contributed by atoms with Gasteiger partial charge in [0.2, 0.25) is 17.7 Å². The van der Waals surface area contributed by atoms with E-state index < -0.39 is 29.6 Å². The van der Waals surface area contributed by atoms with Crippen molar-refractivity contribution in [2.75, 3.05) is 26.1 Å². The lowest BCUT2D eigenvalue weighted by Crippen LogP contribution is -2.49. The lowest BCUT2D eigenvalue weighted by molar-refractivity contribution is -0.142. The molecule has 3 heterocycles. The molecule has 0 aromatic heterocycles. The standard InChI is InChI=1S/C32H36ClN3O6/c1-18-6-4-5-7-24(18)35-30(38)28(19-8-10-20(33)11-9-19)36-17-32-13-12-25(42-32)26(27(32)31(36)39)29(37)34-21-14-22(40-2)16-23(15-21)41-3/h8-16,18,24-28H,4-7,17H2,1-3H3,(H,34,37)(H,35,38)/t18-,24+,25+,26-,27+,28+,32+/m1/s1. The fraction of sp³-hybridized carbons (Fsp3) is 0.469. The summed E-state index contributed by atoms with van der Waals surface area (Å²) in [5, 5.41) is 6.72. The lowest BCUT2D eigenvalue weighted by Gasteiger charge is -2.34. The average molecular weight is 594 g/mol. The maximum absolute atomic E-state index is 14.3. The van der Waals surface area contributed by atoms with E-state index in [1.54, 1.807) is 47.4 Å². The van der Waals surface area contributed by atoms with Crippen molar-refractivity contribution in [3.8, 4) is 11.5 Å². The van der Waals surface area contributed by atoms with Crippen molar-refractivity contribution in [1.29, 1.82) is 0 Å². The van der Waals surface area contributed by atoms with Crippen LogP contribution in [0, 0.1) is 17.8 Å². The first-order valence-electron chi connectivity index (χ1n) is 14.5. The highest BCUT2D eigenvalue weighted by atomic mass is 35.5. The zero-order chi connectivity index (χ0) is 29.6. The van der Waals surface area contributed by atoms with Crippen molar-refractivity contribution >= 4 is 35.0 Å². The highest BCUT2D eigenvalue weighted by Gasteiger charge is 2.68. The van der Waals surface area contributed by atoms with Gasteiger partial charge >= 0.3 is 0 Å². The Bertz CT molecular complexity index is 1390. The largest absolute Gasteiger partial charge is 0.497 e. The van der Waals surface area contributed by atoms with Gasteiger partial charge in [-0.1, -0.05) is 55.7 Å². The zero-order valence-corrected chi connectivity index (χ0v) is 24.7. The van der Waals surface area contributed by atoms with Crippen molar-refractivity contribution < 1.29 is 28.6 Å².